The summed E-state index contributed by atoms with van der Waals surface area (Å²) in [5.41, 5.74) is 1.09. The summed E-state index contributed by atoms with van der Waals surface area (Å²) in [7, 11) is 1.35. The number of ether oxygens (including phenoxy) is 2. The maximum atomic E-state index is 10.9. The predicted octanol–water partition coefficient (Wildman–Crippen LogP) is 2.45. The van der Waals surface area contributed by atoms with Gasteiger partial charge >= 0.3 is 5.97 Å². The molecule has 4 nitrogen and oxygen atoms in total. The quantitative estimate of drug-likeness (QED) is 0.814. The smallest absolute Gasteiger partial charge is 0.343 e. The van der Waals surface area contributed by atoms with Gasteiger partial charge in [-0.25, -0.2) is 4.79 Å². The molecule has 1 fully saturated rings. The van der Waals surface area contributed by atoms with Crippen molar-refractivity contribution in [2.24, 2.45) is 5.92 Å². The van der Waals surface area contributed by atoms with Crippen molar-refractivity contribution in [3.63, 3.8) is 0 Å². The highest BCUT2D eigenvalue weighted by atomic mass is 16.6. The zero-order valence-electron chi connectivity index (χ0n) is 10.8. The van der Waals surface area contributed by atoms with Gasteiger partial charge in [-0.1, -0.05) is 6.92 Å². The van der Waals surface area contributed by atoms with Crippen LogP contribution in [0.4, 0.5) is 5.69 Å². The Morgan fingerprint density at radius 1 is 1.33 bits per heavy atom. The molecule has 0 amide bonds. The van der Waals surface area contributed by atoms with E-state index in [2.05, 4.69) is 17.0 Å². The number of nitrogens with one attached hydrogen (secondary N) is 1. The number of anilines is 1. The number of benzene rings is 1. The Morgan fingerprint density at radius 3 is 2.56 bits per heavy atom. The molecule has 1 aromatic rings. The van der Waals surface area contributed by atoms with Crippen LogP contribution in [0.25, 0.3) is 0 Å². The van der Waals surface area contributed by atoms with E-state index in [0.29, 0.717) is 11.8 Å². The van der Waals surface area contributed by atoms with Crippen LogP contribution in [0.15, 0.2) is 24.3 Å². The molecular formula is C14H19NO3. The highest BCUT2D eigenvalue weighted by molar-refractivity contribution is 5.70. The molecule has 0 bridgehead atoms. The van der Waals surface area contributed by atoms with E-state index in [4.69, 9.17) is 4.74 Å². The van der Waals surface area contributed by atoms with Crippen LogP contribution in [0.1, 0.15) is 19.8 Å². The van der Waals surface area contributed by atoms with E-state index < -0.39 is 0 Å². The van der Waals surface area contributed by atoms with Gasteiger partial charge in [0.15, 0.2) is 6.61 Å². The fourth-order valence-electron chi connectivity index (χ4n) is 2.10. The number of carbonyl (C=O) groups excluding carboxylic acids is 1. The van der Waals surface area contributed by atoms with Gasteiger partial charge in [0, 0.05) is 11.7 Å². The summed E-state index contributed by atoms with van der Waals surface area (Å²) in [6, 6.07) is 8.24. The molecule has 0 spiro atoms. The normalized spacial score (nSPS) is 21.9. The zero-order valence-corrected chi connectivity index (χ0v) is 10.8. The van der Waals surface area contributed by atoms with Crippen LogP contribution in [-0.4, -0.2) is 25.7 Å². The van der Waals surface area contributed by atoms with Crippen molar-refractivity contribution in [1.82, 2.24) is 0 Å². The number of rotatable bonds is 5. The summed E-state index contributed by atoms with van der Waals surface area (Å²) >= 11 is 0. The van der Waals surface area contributed by atoms with Crippen molar-refractivity contribution in [2.75, 3.05) is 19.0 Å². The molecule has 2 rings (SSSR count). The lowest BCUT2D eigenvalue weighted by Crippen LogP contribution is -2.33. The van der Waals surface area contributed by atoms with Crippen LogP contribution in [0.2, 0.25) is 0 Å². The van der Waals surface area contributed by atoms with E-state index in [0.717, 1.165) is 11.6 Å². The van der Waals surface area contributed by atoms with Gasteiger partial charge in [0.25, 0.3) is 0 Å². The third-order valence-corrected chi connectivity index (χ3v) is 3.18. The van der Waals surface area contributed by atoms with Crippen molar-refractivity contribution in [1.29, 1.82) is 0 Å². The lowest BCUT2D eigenvalue weighted by Gasteiger charge is -2.34. The first kappa shape index (κ1) is 12.7. The average Bonchev–Trinajstić information content (AvgIpc) is 2.35. The van der Waals surface area contributed by atoms with Crippen molar-refractivity contribution >= 4 is 11.7 Å². The first-order valence-corrected chi connectivity index (χ1v) is 6.23. The Hall–Kier alpha value is -1.71. The van der Waals surface area contributed by atoms with Crippen molar-refractivity contribution in [3.8, 4) is 5.75 Å². The van der Waals surface area contributed by atoms with E-state index in [1.165, 1.54) is 20.0 Å². The summed E-state index contributed by atoms with van der Waals surface area (Å²) in [6.07, 6.45) is 2.47. The molecule has 1 saturated carbocycles. The minimum Gasteiger partial charge on any atom is -0.482 e. The molecule has 0 atom stereocenters. The SMILES string of the molecule is COC(=O)COc1ccc(NC2CC(C)C2)cc1. The number of hydrogen-bond acceptors (Lipinski definition) is 4. The Morgan fingerprint density at radius 2 is 2.00 bits per heavy atom. The van der Waals surface area contributed by atoms with Crippen LogP contribution >= 0.6 is 0 Å². The second-order valence-corrected chi connectivity index (χ2v) is 4.81. The minimum absolute atomic E-state index is 0.0522. The summed E-state index contributed by atoms with van der Waals surface area (Å²) in [4.78, 5) is 10.9. The third kappa shape index (κ3) is 3.39. The molecule has 1 aliphatic rings. The Balaban J connectivity index is 1.80. The van der Waals surface area contributed by atoms with Crippen LogP contribution in [0.5, 0.6) is 5.75 Å². The Bertz CT molecular complexity index is 396. The van der Waals surface area contributed by atoms with Gasteiger partial charge < -0.3 is 14.8 Å². The molecule has 18 heavy (non-hydrogen) atoms. The van der Waals surface area contributed by atoms with Crippen LogP contribution < -0.4 is 10.1 Å². The van der Waals surface area contributed by atoms with Crippen molar-refractivity contribution in [3.05, 3.63) is 24.3 Å². The van der Waals surface area contributed by atoms with Crippen LogP contribution in [0.3, 0.4) is 0 Å². The monoisotopic (exact) mass is 249 g/mol. The molecule has 4 heteroatoms. The van der Waals surface area contributed by atoms with Crippen molar-refractivity contribution in [2.45, 2.75) is 25.8 Å². The number of methoxy groups -OCH3 is 1. The van der Waals surface area contributed by atoms with Gasteiger partial charge in [-0.05, 0) is 43.0 Å². The standard InChI is InChI=1S/C14H19NO3/c1-10-7-12(8-10)15-11-3-5-13(6-4-11)18-9-14(16)17-2/h3-6,10,12,15H,7-9H2,1-2H3. The molecule has 0 heterocycles. The lowest BCUT2D eigenvalue weighted by molar-refractivity contribution is -0.142. The molecule has 1 N–H and O–H groups in total. The molecule has 98 valence electrons. The van der Waals surface area contributed by atoms with Gasteiger partial charge in [0.05, 0.1) is 7.11 Å². The largest absolute Gasteiger partial charge is 0.482 e. The van der Waals surface area contributed by atoms with Gasteiger partial charge in [-0.3, -0.25) is 0 Å². The van der Waals surface area contributed by atoms with E-state index in [-0.39, 0.29) is 12.6 Å². The molecule has 0 aromatic heterocycles. The topological polar surface area (TPSA) is 47.6 Å². The maximum Gasteiger partial charge on any atom is 0.343 e. The summed E-state index contributed by atoms with van der Waals surface area (Å²) < 4.78 is 9.78. The minimum atomic E-state index is -0.374. The molecular weight excluding hydrogens is 230 g/mol. The van der Waals surface area contributed by atoms with Crippen LogP contribution in [0, 0.1) is 5.92 Å². The number of hydrogen-bond donors (Lipinski definition) is 1. The molecule has 0 saturated heterocycles. The average molecular weight is 249 g/mol. The fraction of sp³-hybridized carbons (Fsp3) is 0.500. The summed E-state index contributed by atoms with van der Waals surface area (Å²) in [6.45, 7) is 2.21. The second kappa shape index (κ2) is 5.76. The summed E-state index contributed by atoms with van der Waals surface area (Å²) in [5.74, 6) is 1.14. The predicted molar refractivity (Wildman–Crippen MR) is 69.8 cm³/mol. The van der Waals surface area contributed by atoms with Gasteiger partial charge in [-0.15, -0.1) is 0 Å². The van der Waals surface area contributed by atoms with E-state index >= 15 is 0 Å². The molecule has 0 unspecified atom stereocenters. The van der Waals surface area contributed by atoms with E-state index in [1.54, 1.807) is 0 Å². The maximum absolute atomic E-state index is 10.9. The first-order valence-electron chi connectivity index (χ1n) is 6.23. The molecule has 0 aliphatic heterocycles. The Kier molecular flexibility index (Phi) is 4.07. The van der Waals surface area contributed by atoms with Gasteiger partial charge in [0.2, 0.25) is 0 Å². The molecule has 0 radical (unpaired) electrons. The number of carbonyl (C=O) groups is 1. The second-order valence-electron chi connectivity index (χ2n) is 4.81. The third-order valence-electron chi connectivity index (χ3n) is 3.18. The zero-order chi connectivity index (χ0) is 13.0. The lowest BCUT2D eigenvalue weighted by atomic mass is 9.82. The first-order chi connectivity index (χ1) is 8.67. The summed E-state index contributed by atoms with van der Waals surface area (Å²) in [5, 5.41) is 3.46. The van der Waals surface area contributed by atoms with Crippen LogP contribution in [-0.2, 0) is 9.53 Å². The number of esters is 1. The Labute approximate surface area is 107 Å². The van der Waals surface area contributed by atoms with Crippen molar-refractivity contribution < 1.29 is 14.3 Å². The van der Waals surface area contributed by atoms with E-state index in [1.807, 2.05) is 24.3 Å². The highest BCUT2D eigenvalue weighted by Gasteiger charge is 2.24. The van der Waals surface area contributed by atoms with Gasteiger partial charge in [-0.2, -0.15) is 0 Å². The molecule has 1 aromatic carbocycles. The fourth-order valence-corrected chi connectivity index (χ4v) is 2.10. The molecule has 1 aliphatic carbocycles. The van der Waals surface area contributed by atoms with Gasteiger partial charge in [0.1, 0.15) is 5.75 Å². The highest BCUT2D eigenvalue weighted by Crippen LogP contribution is 2.29. The van der Waals surface area contributed by atoms with E-state index in [9.17, 15) is 4.79 Å².